The second kappa shape index (κ2) is 5.08. The van der Waals surface area contributed by atoms with Crippen LogP contribution in [0.1, 0.15) is 19.8 Å². The van der Waals surface area contributed by atoms with Gasteiger partial charge in [0.15, 0.2) is 0 Å². The Hall–Kier alpha value is -0.160. The van der Waals surface area contributed by atoms with E-state index in [1.807, 2.05) is 0 Å². The molecule has 0 spiro atoms. The average molecular weight is 252 g/mol. The van der Waals surface area contributed by atoms with E-state index in [0.29, 0.717) is 5.54 Å². The summed E-state index contributed by atoms with van der Waals surface area (Å²) in [6, 6.07) is 0. The van der Waals surface area contributed by atoms with E-state index in [2.05, 4.69) is 21.6 Å². The second-order valence-corrected chi connectivity index (χ2v) is 6.27. The van der Waals surface area contributed by atoms with Gasteiger partial charge in [-0.1, -0.05) is 6.92 Å². The third-order valence-corrected chi connectivity index (χ3v) is 5.70. The van der Waals surface area contributed by atoms with Crippen LogP contribution >= 0.6 is 0 Å². The first-order valence-corrected chi connectivity index (χ1v) is 7.68. The molecular formula is C14H28N4. The van der Waals surface area contributed by atoms with Crippen molar-refractivity contribution in [1.82, 2.24) is 14.7 Å². The summed E-state index contributed by atoms with van der Waals surface area (Å²) in [7, 11) is 0. The van der Waals surface area contributed by atoms with Gasteiger partial charge in [0, 0.05) is 44.8 Å². The molecule has 18 heavy (non-hydrogen) atoms. The maximum absolute atomic E-state index is 6.25. The van der Waals surface area contributed by atoms with Crippen LogP contribution in [0.2, 0.25) is 0 Å². The van der Waals surface area contributed by atoms with Gasteiger partial charge in [0.25, 0.3) is 0 Å². The summed E-state index contributed by atoms with van der Waals surface area (Å²) < 4.78 is 0. The summed E-state index contributed by atoms with van der Waals surface area (Å²) in [6.07, 6.45) is 2.66. The second-order valence-electron chi connectivity index (χ2n) is 6.27. The number of piperazine rings is 1. The largest absolute Gasteiger partial charge is 0.329 e. The molecule has 0 aromatic rings. The van der Waals surface area contributed by atoms with Crippen LogP contribution in [0.3, 0.4) is 0 Å². The maximum Gasteiger partial charge on any atom is 0.0385 e. The van der Waals surface area contributed by atoms with E-state index in [0.717, 1.165) is 12.5 Å². The molecule has 104 valence electrons. The van der Waals surface area contributed by atoms with Gasteiger partial charge >= 0.3 is 0 Å². The Morgan fingerprint density at radius 1 is 1.11 bits per heavy atom. The van der Waals surface area contributed by atoms with Crippen molar-refractivity contribution in [1.29, 1.82) is 0 Å². The van der Waals surface area contributed by atoms with E-state index >= 15 is 0 Å². The van der Waals surface area contributed by atoms with E-state index in [1.54, 1.807) is 0 Å². The number of hydrogen-bond donors (Lipinski definition) is 1. The van der Waals surface area contributed by atoms with Crippen LogP contribution in [-0.2, 0) is 0 Å². The fourth-order valence-electron chi connectivity index (χ4n) is 4.35. The molecule has 3 aliphatic heterocycles. The summed E-state index contributed by atoms with van der Waals surface area (Å²) in [4.78, 5) is 7.93. The molecular weight excluding hydrogens is 224 g/mol. The molecule has 2 N–H and O–H groups in total. The van der Waals surface area contributed by atoms with Gasteiger partial charge < -0.3 is 15.5 Å². The van der Waals surface area contributed by atoms with Gasteiger partial charge in [-0.3, -0.25) is 4.90 Å². The molecule has 2 bridgehead atoms. The Kier molecular flexibility index (Phi) is 3.63. The van der Waals surface area contributed by atoms with Crippen LogP contribution in [0.25, 0.3) is 0 Å². The molecule has 3 atom stereocenters. The molecule has 0 radical (unpaired) electrons. The fraction of sp³-hybridized carbons (Fsp3) is 1.00. The molecule has 3 fully saturated rings. The molecule has 4 nitrogen and oxygen atoms in total. The molecule has 0 aromatic carbocycles. The smallest absolute Gasteiger partial charge is 0.0385 e. The van der Waals surface area contributed by atoms with Crippen LogP contribution in [0, 0.1) is 5.92 Å². The predicted octanol–water partition coefficient (Wildman–Crippen LogP) is 0.0470. The number of nitrogens with two attached hydrogens (primary N) is 1. The predicted molar refractivity (Wildman–Crippen MR) is 74.6 cm³/mol. The van der Waals surface area contributed by atoms with Crippen molar-refractivity contribution in [3.8, 4) is 0 Å². The van der Waals surface area contributed by atoms with Crippen LogP contribution in [-0.4, -0.2) is 79.1 Å². The standard InChI is InChI=1S/C14H28N4/c1-2-16-7-9-18(10-8-16)14(12-15)4-6-17-5-3-13(14)11-17/h13H,2-12,15H2,1H3. The fourth-order valence-corrected chi connectivity index (χ4v) is 4.35. The molecule has 3 rings (SSSR count). The number of fused-ring (bicyclic) bond motifs is 2. The van der Waals surface area contributed by atoms with Crippen molar-refractivity contribution >= 4 is 0 Å². The zero-order valence-corrected chi connectivity index (χ0v) is 11.8. The summed E-state index contributed by atoms with van der Waals surface area (Å²) >= 11 is 0. The minimum absolute atomic E-state index is 0.326. The summed E-state index contributed by atoms with van der Waals surface area (Å²) in [6.45, 7) is 13.1. The molecule has 0 saturated carbocycles. The molecule has 3 aliphatic rings. The molecule has 3 unspecified atom stereocenters. The average Bonchev–Trinajstić information content (AvgIpc) is 2.84. The topological polar surface area (TPSA) is 35.7 Å². The first kappa shape index (κ1) is 12.9. The van der Waals surface area contributed by atoms with E-state index in [-0.39, 0.29) is 0 Å². The van der Waals surface area contributed by atoms with Crippen molar-refractivity contribution in [2.24, 2.45) is 11.7 Å². The number of hydrogen-bond acceptors (Lipinski definition) is 4. The zero-order valence-electron chi connectivity index (χ0n) is 11.8. The molecule has 3 saturated heterocycles. The monoisotopic (exact) mass is 252 g/mol. The van der Waals surface area contributed by atoms with Gasteiger partial charge in [-0.2, -0.15) is 0 Å². The molecule has 4 heteroatoms. The van der Waals surface area contributed by atoms with Crippen molar-refractivity contribution < 1.29 is 0 Å². The number of likely N-dealkylation sites (N-methyl/N-ethyl adjacent to an activating group) is 1. The summed E-state index contributed by atoms with van der Waals surface area (Å²) in [5.74, 6) is 0.824. The first-order valence-electron chi connectivity index (χ1n) is 7.68. The van der Waals surface area contributed by atoms with Gasteiger partial charge in [-0.15, -0.1) is 0 Å². The van der Waals surface area contributed by atoms with Crippen LogP contribution in [0.5, 0.6) is 0 Å². The van der Waals surface area contributed by atoms with Crippen molar-refractivity contribution in [2.75, 3.05) is 58.9 Å². The highest BCUT2D eigenvalue weighted by molar-refractivity contribution is 5.06. The highest BCUT2D eigenvalue weighted by Crippen LogP contribution is 2.39. The van der Waals surface area contributed by atoms with E-state index < -0.39 is 0 Å². The van der Waals surface area contributed by atoms with Crippen molar-refractivity contribution in [3.05, 3.63) is 0 Å². The van der Waals surface area contributed by atoms with Crippen LogP contribution < -0.4 is 5.73 Å². The molecule has 0 aliphatic carbocycles. The number of piperidine rings is 1. The normalized spacial score (nSPS) is 42.3. The van der Waals surface area contributed by atoms with E-state index in [9.17, 15) is 0 Å². The van der Waals surface area contributed by atoms with Crippen LogP contribution in [0.4, 0.5) is 0 Å². The lowest BCUT2D eigenvalue weighted by Crippen LogP contribution is -2.65. The Labute approximate surface area is 111 Å². The highest BCUT2D eigenvalue weighted by atomic mass is 15.3. The lowest BCUT2D eigenvalue weighted by molar-refractivity contribution is -0.0214. The molecule has 0 amide bonds. The Balaban J connectivity index is 1.71. The number of nitrogens with zero attached hydrogens (tertiary/aromatic N) is 3. The summed E-state index contributed by atoms with van der Waals surface area (Å²) in [5.41, 5.74) is 6.57. The third kappa shape index (κ3) is 1.99. The zero-order chi connectivity index (χ0) is 12.6. The van der Waals surface area contributed by atoms with Crippen LogP contribution in [0.15, 0.2) is 0 Å². The van der Waals surface area contributed by atoms with E-state index in [1.165, 1.54) is 65.2 Å². The Bertz CT molecular complexity index is 288. The quantitative estimate of drug-likeness (QED) is 0.770. The number of rotatable bonds is 3. The lowest BCUT2D eigenvalue weighted by Gasteiger charge is -2.52. The van der Waals surface area contributed by atoms with Crippen molar-refractivity contribution in [3.63, 3.8) is 0 Å². The third-order valence-electron chi connectivity index (χ3n) is 5.70. The minimum atomic E-state index is 0.326. The Morgan fingerprint density at radius 2 is 1.89 bits per heavy atom. The highest BCUT2D eigenvalue weighted by Gasteiger charge is 2.49. The summed E-state index contributed by atoms with van der Waals surface area (Å²) in [5, 5.41) is 0. The van der Waals surface area contributed by atoms with Gasteiger partial charge in [-0.25, -0.2) is 0 Å². The van der Waals surface area contributed by atoms with Gasteiger partial charge in [0.2, 0.25) is 0 Å². The SMILES string of the molecule is CCN1CCN(C2(CN)CCN3CCC2C3)CC1. The Morgan fingerprint density at radius 3 is 2.56 bits per heavy atom. The lowest BCUT2D eigenvalue weighted by atomic mass is 9.77. The van der Waals surface area contributed by atoms with Gasteiger partial charge in [0.05, 0.1) is 0 Å². The van der Waals surface area contributed by atoms with E-state index in [4.69, 9.17) is 5.73 Å². The first-order chi connectivity index (χ1) is 8.78. The van der Waals surface area contributed by atoms with Gasteiger partial charge in [-0.05, 0) is 38.4 Å². The molecule has 3 heterocycles. The van der Waals surface area contributed by atoms with Crippen molar-refractivity contribution in [2.45, 2.75) is 25.3 Å². The minimum Gasteiger partial charge on any atom is -0.329 e. The van der Waals surface area contributed by atoms with Gasteiger partial charge in [0.1, 0.15) is 0 Å². The molecule has 0 aromatic heterocycles. The maximum atomic E-state index is 6.25.